The summed E-state index contributed by atoms with van der Waals surface area (Å²) in [5.74, 6) is 0.285. The number of carbonyl (C=O) groups is 1. The molecule has 0 saturated heterocycles. The van der Waals surface area contributed by atoms with Crippen LogP contribution >= 0.6 is 15.9 Å². The predicted molar refractivity (Wildman–Crippen MR) is 76.3 cm³/mol. The molecule has 5 heteroatoms. The summed E-state index contributed by atoms with van der Waals surface area (Å²) in [6.07, 6.45) is 2.45. The second-order valence-electron chi connectivity index (χ2n) is 5.18. The van der Waals surface area contributed by atoms with Crippen molar-refractivity contribution in [2.45, 2.75) is 32.7 Å². The van der Waals surface area contributed by atoms with Crippen molar-refractivity contribution >= 4 is 21.8 Å². The highest BCUT2D eigenvalue weighted by Crippen LogP contribution is 2.16. The Bertz CT molecular complexity index is 405. The van der Waals surface area contributed by atoms with Gasteiger partial charge < -0.3 is 11.1 Å². The molecule has 1 rings (SSSR count). The molecule has 1 unspecified atom stereocenters. The molecule has 18 heavy (non-hydrogen) atoms. The SMILES string of the molecule is CC(C)CC(C)(CN)NC(=O)c1ccc(Br)cn1. The van der Waals surface area contributed by atoms with Gasteiger partial charge in [-0.15, -0.1) is 0 Å². The first kappa shape index (κ1) is 15.1. The van der Waals surface area contributed by atoms with E-state index in [1.54, 1.807) is 18.3 Å². The van der Waals surface area contributed by atoms with Crippen molar-refractivity contribution in [3.63, 3.8) is 0 Å². The number of hydrogen-bond acceptors (Lipinski definition) is 3. The van der Waals surface area contributed by atoms with Gasteiger partial charge >= 0.3 is 0 Å². The third-order valence-electron chi connectivity index (χ3n) is 2.68. The third kappa shape index (κ3) is 4.38. The Labute approximate surface area is 116 Å². The summed E-state index contributed by atoms with van der Waals surface area (Å²) in [4.78, 5) is 16.1. The third-order valence-corrected chi connectivity index (χ3v) is 3.15. The first-order valence-electron chi connectivity index (χ1n) is 6.00. The maximum absolute atomic E-state index is 12.1. The maximum atomic E-state index is 12.1. The minimum atomic E-state index is -0.389. The van der Waals surface area contributed by atoms with Crippen LogP contribution in [-0.2, 0) is 0 Å². The van der Waals surface area contributed by atoms with Gasteiger partial charge in [-0.3, -0.25) is 4.79 Å². The zero-order chi connectivity index (χ0) is 13.8. The largest absolute Gasteiger partial charge is 0.344 e. The highest BCUT2D eigenvalue weighted by Gasteiger charge is 2.26. The molecule has 1 heterocycles. The minimum Gasteiger partial charge on any atom is -0.344 e. The van der Waals surface area contributed by atoms with Crippen LogP contribution in [0.15, 0.2) is 22.8 Å². The summed E-state index contributed by atoms with van der Waals surface area (Å²) >= 11 is 3.29. The van der Waals surface area contributed by atoms with Gasteiger partial charge in [0.2, 0.25) is 0 Å². The number of aromatic nitrogens is 1. The van der Waals surface area contributed by atoms with Crippen LogP contribution < -0.4 is 11.1 Å². The zero-order valence-electron chi connectivity index (χ0n) is 11.0. The quantitative estimate of drug-likeness (QED) is 0.876. The molecule has 0 radical (unpaired) electrons. The second kappa shape index (κ2) is 6.29. The Kier molecular flexibility index (Phi) is 5.28. The van der Waals surface area contributed by atoms with Crippen LogP contribution in [0.4, 0.5) is 0 Å². The second-order valence-corrected chi connectivity index (χ2v) is 6.09. The smallest absolute Gasteiger partial charge is 0.270 e. The highest BCUT2D eigenvalue weighted by atomic mass is 79.9. The van der Waals surface area contributed by atoms with Gasteiger partial charge in [-0.05, 0) is 47.3 Å². The van der Waals surface area contributed by atoms with E-state index in [0.717, 1.165) is 10.9 Å². The van der Waals surface area contributed by atoms with Crippen molar-refractivity contribution in [2.75, 3.05) is 6.54 Å². The van der Waals surface area contributed by atoms with E-state index in [1.165, 1.54) is 0 Å². The lowest BCUT2D eigenvalue weighted by molar-refractivity contribution is 0.0893. The van der Waals surface area contributed by atoms with E-state index in [1.807, 2.05) is 6.92 Å². The van der Waals surface area contributed by atoms with Gasteiger partial charge in [0.05, 0.1) is 5.54 Å². The summed E-state index contributed by atoms with van der Waals surface area (Å²) in [6.45, 7) is 6.59. The van der Waals surface area contributed by atoms with Gasteiger partial charge in [-0.2, -0.15) is 0 Å². The Morgan fingerprint density at radius 3 is 2.67 bits per heavy atom. The summed E-state index contributed by atoms with van der Waals surface area (Å²) in [6, 6.07) is 3.48. The lowest BCUT2D eigenvalue weighted by atomic mass is 9.90. The number of nitrogens with zero attached hydrogens (tertiary/aromatic N) is 1. The van der Waals surface area contributed by atoms with Crippen LogP contribution in [0.1, 0.15) is 37.7 Å². The summed E-state index contributed by atoms with van der Waals surface area (Å²) in [7, 11) is 0. The van der Waals surface area contributed by atoms with E-state index in [4.69, 9.17) is 5.73 Å². The van der Waals surface area contributed by atoms with Crippen molar-refractivity contribution in [2.24, 2.45) is 11.7 Å². The summed E-state index contributed by atoms with van der Waals surface area (Å²) in [5, 5.41) is 2.97. The molecule has 0 aliphatic rings. The summed E-state index contributed by atoms with van der Waals surface area (Å²) in [5.41, 5.74) is 5.78. The van der Waals surface area contributed by atoms with Crippen LogP contribution in [0, 0.1) is 5.92 Å². The molecular formula is C13H20BrN3O. The number of pyridine rings is 1. The average molecular weight is 314 g/mol. The normalized spacial score (nSPS) is 14.3. The molecule has 1 aromatic heterocycles. The zero-order valence-corrected chi connectivity index (χ0v) is 12.6. The first-order chi connectivity index (χ1) is 8.36. The van der Waals surface area contributed by atoms with Gasteiger partial charge in [0.1, 0.15) is 5.69 Å². The van der Waals surface area contributed by atoms with Crippen LogP contribution in [-0.4, -0.2) is 23.0 Å². The number of rotatable bonds is 5. The number of halogens is 1. The van der Waals surface area contributed by atoms with Gasteiger partial charge in [0.15, 0.2) is 0 Å². The van der Waals surface area contributed by atoms with Gasteiger partial charge in [-0.25, -0.2) is 4.98 Å². The highest BCUT2D eigenvalue weighted by molar-refractivity contribution is 9.10. The van der Waals surface area contributed by atoms with Crippen LogP contribution in [0.5, 0.6) is 0 Å². The molecule has 0 spiro atoms. The van der Waals surface area contributed by atoms with Crippen molar-refractivity contribution in [3.8, 4) is 0 Å². The number of nitrogens with one attached hydrogen (secondary N) is 1. The topological polar surface area (TPSA) is 68.0 Å². The first-order valence-corrected chi connectivity index (χ1v) is 6.80. The van der Waals surface area contributed by atoms with Crippen molar-refractivity contribution in [3.05, 3.63) is 28.5 Å². The molecule has 0 aliphatic carbocycles. The number of nitrogens with two attached hydrogens (primary N) is 1. The molecule has 0 aliphatic heterocycles. The number of hydrogen-bond donors (Lipinski definition) is 2. The van der Waals surface area contributed by atoms with Gasteiger partial charge in [-0.1, -0.05) is 13.8 Å². The van der Waals surface area contributed by atoms with E-state index < -0.39 is 0 Å². The Balaban J connectivity index is 2.76. The molecular weight excluding hydrogens is 294 g/mol. The fraction of sp³-hybridized carbons (Fsp3) is 0.538. The predicted octanol–water partition coefficient (Wildman–Crippen LogP) is 2.34. The number of amides is 1. The summed E-state index contributed by atoms with van der Waals surface area (Å²) < 4.78 is 0.850. The van der Waals surface area contributed by atoms with Crippen LogP contribution in [0.3, 0.4) is 0 Å². The molecule has 100 valence electrons. The van der Waals surface area contributed by atoms with E-state index >= 15 is 0 Å². The monoisotopic (exact) mass is 313 g/mol. The fourth-order valence-corrected chi connectivity index (χ4v) is 2.17. The van der Waals surface area contributed by atoms with Gasteiger partial charge in [0, 0.05) is 17.2 Å². The number of carbonyl (C=O) groups excluding carboxylic acids is 1. The Morgan fingerprint density at radius 2 is 2.22 bits per heavy atom. The van der Waals surface area contributed by atoms with Crippen LogP contribution in [0.25, 0.3) is 0 Å². The fourth-order valence-electron chi connectivity index (χ4n) is 1.93. The molecule has 3 N–H and O–H groups in total. The molecule has 0 fully saturated rings. The lowest BCUT2D eigenvalue weighted by Crippen LogP contribution is -2.52. The molecule has 4 nitrogen and oxygen atoms in total. The molecule has 0 saturated carbocycles. The molecule has 0 aromatic carbocycles. The average Bonchev–Trinajstić information content (AvgIpc) is 2.28. The Hall–Kier alpha value is -0.940. The van der Waals surface area contributed by atoms with Crippen LogP contribution in [0.2, 0.25) is 0 Å². The van der Waals surface area contributed by atoms with Crippen molar-refractivity contribution in [1.29, 1.82) is 0 Å². The van der Waals surface area contributed by atoms with E-state index in [-0.39, 0.29) is 11.4 Å². The maximum Gasteiger partial charge on any atom is 0.270 e. The molecule has 0 bridgehead atoms. The minimum absolute atomic E-state index is 0.184. The molecule has 1 atom stereocenters. The molecule has 1 aromatic rings. The van der Waals surface area contributed by atoms with Crippen molar-refractivity contribution < 1.29 is 4.79 Å². The van der Waals surface area contributed by atoms with Gasteiger partial charge in [0.25, 0.3) is 5.91 Å². The van der Waals surface area contributed by atoms with E-state index in [2.05, 4.69) is 40.1 Å². The Morgan fingerprint density at radius 1 is 1.56 bits per heavy atom. The van der Waals surface area contributed by atoms with Crippen molar-refractivity contribution in [1.82, 2.24) is 10.3 Å². The molecule has 1 amide bonds. The lowest BCUT2D eigenvalue weighted by Gasteiger charge is -2.31. The van der Waals surface area contributed by atoms with E-state index in [0.29, 0.717) is 18.2 Å². The van der Waals surface area contributed by atoms with E-state index in [9.17, 15) is 4.79 Å². The standard InChI is InChI=1S/C13H20BrN3O/c1-9(2)6-13(3,8-15)17-12(18)11-5-4-10(14)7-16-11/h4-5,7,9H,6,8,15H2,1-3H3,(H,17,18).